The molecule has 0 radical (unpaired) electrons. The van der Waals surface area contributed by atoms with Crippen molar-refractivity contribution in [3.8, 4) is 17.1 Å². The van der Waals surface area contributed by atoms with Crippen molar-refractivity contribution in [2.75, 3.05) is 7.11 Å². The van der Waals surface area contributed by atoms with E-state index in [1.807, 2.05) is 0 Å². The average Bonchev–Trinajstić information content (AvgIpc) is 2.64. The SMILES string of the molecule is COc1ccc(-c2ccc(CCC3CCC(C)CC3)c(F)c2F)nn1. The average molecular weight is 346 g/mol. The van der Waals surface area contributed by atoms with Gasteiger partial charge in [0, 0.05) is 11.6 Å². The fourth-order valence-corrected chi connectivity index (χ4v) is 3.53. The van der Waals surface area contributed by atoms with Gasteiger partial charge in [0.15, 0.2) is 11.6 Å². The molecule has 0 spiro atoms. The number of methoxy groups -OCH3 is 1. The number of aromatic nitrogens is 2. The molecule has 2 aromatic rings. The number of halogens is 2. The summed E-state index contributed by atoms with van der Waals surface area (Å²) in [5.74, 6) is 0.151. The Kier molecular flexibility index (Phi) is 5.61. The number of ether oxygens (including phenoxy) is 1. The summed E-state index contributed by atoms with van der Waals surface area (Å²) >= 11 is 0. The van der Waals surface area contributed by atoms with E-state index in [-0.39, 0.29) is 5.56 Å². The van der Waals surface area contributed by atoms with Crippen molar-refractivity contribution in [2.45, 2.75) is 45.4 Å². The van der Waals surface area contributed by atoms with Crippen molar-refractivity contribution in [1.82, 2.24) is 10.2 Å². The molecule has 1 aliphatic rings. The minimum Gasteiger partial charge on any atom is -0.480 e. The standard InChI is InChI=1S/C20H24F2N2O/c1-13-3-5-14(6-4-13)7-8-15-9-10-16(20(22)19(15)21)17-11-12-18(25-2)24-23-17/h9-14H,3-8H2,1-2H3. The van der Waals surface area contributed by atoms with E-state index >= 15 is 0 Å². The van der Waals surface area contributed by atoms with Crippen LogP contribution in [0.5, 0.6) is 5.88 Å². The van der Waals surface area contributed by atoms with Crippen molar-refractivity contribution in [3.63, 3.8) is 0 Å². The van der Waals surface area contributed by atoms with Crippen LogP contribution in [0.25, 0.3) is 11.3 Å². The van der Waals surface area contributed by atoms with Gasteiger partial charge in [-0.15, -0.1) is 10.2 Å². The summed E-state index contributed by atoms with van der Waals surface area (Å²) in [7, 11) is 1.48. The van der Waals surface area contributed by atoms with Crippen LogP contribution in [0.4, 0.5) is 8.78 Å². The normalized spacial score (nSPS) is 20.5. The molecule has 3 nitrogen and oxygen atoms in total. The predicted molar refractivity (Wildman–Crippen MR) is 93.4 cm³/mol. The fraction of sp³-hybridized carbons (Fsp3) is 0.500. The van der Waals surface area contributed by atoms with Crippen LogP contribution >= 0.6 is 0 Å². The third-order valence-electron chi connectivity index (χ3n) is 5.24. The zero-order valence-corrected chi connectivity index (χ0v) is 14.8. The summed E-state index contributed by atoms with van der Waals surface area (Å²) in [6, 6.07) is 6.42. The molecule has 0 unspecified atom stereocenters. The molecular formula is C20H24F2N2O. The highest BCUT2D eigenvalue weighted by atomic mass is 19.2. The smallest absolute Gasteiger partial charge is 0.233 e. The van der Waals surface area contributed by atoms with Crippen molar-refractivity contribution < 1.29 is 13.5 Å². The van der Waals surface area contributed by atoms with Gasteiger partial charge in [-0.05, 0) is 42.4 Å². The third kappa shape index (κ3) is 4.14. The molecule has 134 valence electrons. The first-order valence-corrected chi connectivity index (χ1v) is 8.93. The quantitative estimate of drug-likeness (QED) is 0.747. The van der Waals surface area contributed by atoms with Crippen molar-refractivity contribution >= 4 is 0 Å². The Labute approximate surface area is 147 Å². The van der Waals surface area contributed by atoms with E-state index in [0.29, 0.717) is 29.5 Å². The maximum atomic E-state index is 14.5. The van der Waals surface area contributed by atoms with Crippen LogP contribution in [-0.2, 0) is 6.42 Å². The number of nitrogens with zero attached hydrogens (tertiary/aromatic N) is 2. The van der Waals surface area contributed by atoms with Crippen molar-refractivity contribution in [1.29, 1.82) is 0 Å². The lowest BCUT2D eigenvalue weighted by Gasteiger charge is -2.26. The molecule has 1 heterocycles. The molecule has 0 atom stereocenters. The van der Waals surface area contributed by atoms with E-state index in [1.54, 1.807) is 24.3 Å². The molecule has 0 saturated heterocycles. The van der Waals surface area contributed by atoms with Crippen LogP contribution in [0.15, 0.2) is 24.3 Å². The lowest BCUT2D eigenvalue weighted by molar-refractivity contribution is 0.277. The number of hydrogen-bond acceptors (Lipinski definition) is 3. The summed E-state index contributed by atoms with van der Waals surface area (Å²) < 4.78 is 33.9. The second kappa shape index (κ2) is 7.89. The number of benzene rings is 1. The first kappa shape index (κ1) is 17.8. The van der Waals surface area contributed by atoms with Gasteiger partial charge in [0.2, 0.25) is 5.88 Å². The van der Waals surface area contributed by atoms with Crippen molar-refractivity contribution in [3.05, 3.63) is 41.5 Å². The molecule has 0 amide bonds. The van der Waals surface area contributed by atoms with Gasteiger partial charge < -0.3 is 4.74 Å². The summed E-state index contributed by atoms with van der Waals surface area (Å²) in [4.78, 5) is 0. The number of rotatable bonds is 5. The van der Waals surface area contributed by atoms with Gasteiger partial charge >= 0.3 is 0 Å². The van der Waals surface area contributed by atoms with Gasteiger partial charge in [0.1, 0.15) is 0 Å². The van der Waals surface area contributed by atoms with Crippen LogP contribution in [0, 0.1) is 23.5 Å². The monoisotopic (exact) mass is 346 g/mol. The summed E-state index contributed by atoms with van der Waals surface area (Å²) in [5.41, 5.74) is 0.870. The Balaban J connectivity index is 1.71. The number of hydrogen-bond donors (Lipinski definition) is 0. The highest BCUT2D eigenvalue weighted by molar-refractivity contribution is 5.60. The topological polar surface area (TPSA) is 35.0 Å². The zero-order valence-electron chi connectivity index (χ0n) is 14.8. The Morgan fingerprint density at radius 2 is 1.76 bits per heavy atom. The molecule has 5 heteroatoms. The van der Waals surface area contributed by atoms with Gasteiger partial charge in [-0.25, -0.2) is 8.78 Å². The fourth-order valence-electron chi connectivity index (χ4n) is 3.53. The minimum atomic E-state index is -0.853. The van der Waals surface area contributed by atoms with Crippen LogP contribution < -0.4 is 4.74 Å². The van der Waals surface area contributed by atoms with Crippen LogP contribution in [0.2, 0.25) is 0 Å². The Bertz CT molecular complexity index is 710. The molecule has 1 fully saturated rings. The summed E-state index contributed by atoms with van der Waals surface area (Å²) in [6.07, 6.45) is 6.39. The Morgan fingerprint density at radius 3 is 2.40 bits per heavy atom. The van der Waals surface area contributed by atoms with Gasteiger partial charge in [0.05, 0.1) is 12.8 Å². The van der Waals surface area contributed by atoms with Crippen LogP contribution in [0.3, 0.4) is 0 Å². The van der Waals surface area contributed by atoms with Gasteiger partial charge in [-0.2, -0.15) is 0 Å². The molecule has 1 aliphatic carbocycles. The molecule has 25 heavy (non-hydrogen) atoms. The van der Waals surface area contributed by atoms with Crippen LogP contribution in [-0.4, -0.2) is 17.3 Å². The third-order valence-corrected chi connectivity index (χ3v) is 5.24. The lowest BCUT2D eigenvalue weighted by Crippen LogP contribution is -2.13. The van der Waals surface area contributed by atoms with E-state index in [2.05, 4.69) is 17.1 Å². The van der Waals surface area contributed by atoms with E-state index in [0.717, 1.165) is 12.3 Å². The van der Waals surface area contributed by atoms with E-state index in [9.17, 15) is 8.78 Å². The van der Waals surface area contributed by atoms with E-state index in [4.69, 9.17) is 4.74 Å². The molecule has 1 aromatic carbocycles. The first-order chi connectivity index (χ1) is 12.1. The molecule has 0 N–H and O–H groups in total. The molecule has 3 rings (SSSR count). The minimum absolute atomic E-state index is 0.128. The molecule has 0 bridgehead atoms. The first-order valence-electron chi connectivity index (χ1n) is 8.93. The molecular weight excluding hydrogens is 322 g/mol. The maximum Gasteiger partial charge on any atom is 0.233 e. The molecule has 0 aliphatic heterocycles. The highest BCUT2D eigenvalue weighted by Crippen LogP contribution is 2.32. The van der Waals surface area contributed by atoms with Crippen molar-refractivity contribution in [2.24, 2.45) is 11.8 Å². The van der Waals surface area contributed by atoms with Gasteiger partial charge in [-0.3, -0.25) is 0 Å². The predicted octanol–water partition coefficient (Wildman–Crippen LogP) is 5.19. The molecule has 1 saturated carbocycles. The highest BCUT2D eigenvalue weighted by Gasteiger charge is 2.20. The Hall–Kier alpha value is -2.04. The summed E-state index contributed by atoms with van der Waals surface area (Å²) in [6.45, 7) is 2.28. The van der Waals surface area contributed by atoms with Gasteiger partial charge in [0.25, 0.3) is 0 Å². The second-order valence-corrected chi connectivity index (χ2v) is 7.03. The van der Waals surface area contributed by atoms with Gasteiger partial charge in [-0.1, -0.05) is 38.7 Å². The van der Waals surface area contributed by atoms with E-state index in [1.165, 1.54) is 32.8 Å². The summed E-state index contributed by atoms with van der Waals surface area (Å²) in [5, 5.41) is 7.71. The van der Waals surface area contributed by atoms with Crippen LogP contribution in [0.1, 0.15) is 44.6 Å². The maximum absolute atomic E-state index is 14.5. The van der Waals surface area contributed by atoms with E-state index < -0.39 is 11.6 Å². The molecule has 1 aromatic heterocycles. The second-order valence-electron chi connectivity index (χ2n) is 7.03. The zero-order chi connectivity index (χ0) is 17.8. The lowest BCUT2D eigenvalue weighted by atomic mass is 9.80. The Morgan fingerprint density at radius 1 is 1.00 bits per heavy atom. The number of aryl methyl sites for hydroxylation is 1. The largest absolute Gasteiger partial charge is 0.480 e.